The Balaban J connectivity index is 0.00000264. The van der Waals surface area contributed by atoms with Crippen molar-refractivity contribution in [1.29, 1.82) is 0 Å². The lowest BCUT2D eigenvalue weighted by Gasteiger charge is -2.31. The predicted octanol–water partition coefficient (Wildman–Crippen LogP) is 2.07. The van der Waals surface area contributed by atoms with Gasteiger partial charge in [-0.05, 0) is 19.4 Å². The molecule has 24 heavy (non-hydrogen) atoms. The number of amides is 1. The van der Waals surface area contributed by atoms with Crippen LogP contribution in [0.5, 0.6) is 0 Å². The number of nitrogens with two attached hydrogens (primary N) is 1. The zero-order valence-electron chi connectivity index (χ0n) is 14.4. The fourth-order valence-electron chi connectivity index (χ4n) is 2.62. The van der Waals surface area contributed by atoms with Gasteiger partial charge in [0.15, 0.2) is 0 Å². The van der Waals surface area contributed by atoms with Gasteiger partial charge in [0.2, 0.25) is 5.91 Å². The van der Waals surface area contributed by atoms with Crippen LogP contribution in [0.25, 0.3) is 0 Å². The summed E-state index contributed by atoms with van der Waals surface area (Å²) in [7, 11) is 0. The molecule has 138 valence electrons. The van der Waals surface area contributed by atoms with Crippen LogP contribution in [0.15, 0.2) is 24.3 Å². The summed E-state index contributed by atoms with van der Waals surface area (Å²) in [6, 6.07) is 8.21. The van der Waals surface area contributed by atoms with Gasteiger partial charge >= 0.3 is 0 Å². The average Bonchev–Trinajstić information content (AvgIpc) is 2.47. The SMILES string of the molecule is Cc1ccc(C(CN2CCOCC2)NC(=O)CC(C)N)cc1.Cl.Cl. The van der Waals surface area contributed by atoms with Crippen LogP contribution in [0.3, 0.4) is 0 Å². The van der Waals surface area contributed by atoms with Gasteiger partial charge in [-0.3, -0.25) is 9.69 Å². The first-order valence-corrected chi connectivity index (χ1v) is 7.96. The summed E-state index contributed by atoms with van der Waals surface area (Å²) in [5.41, 5.74) is 8.08. The largest absolute Gasteiger partial charge is 0.379 e. The van der Waals surface area contributed by atoms with Gasteiger partial charge in [-0.15, -0.1) is 24.8 Å². The van der Waals surface area contributed by atoms with Crippen molar-refractivity contribution in [3.8, 4) is 0 Å². The minimum Gasteiger partial charge on any atom is -0.379 e. The number of carbonyl (C=O) groups is 1. The van der Waals surface area contributed by atoms with Crippen LogP contribution >= 0.6 is 24.8 Å². The van der Waals surface area contributed by atoms with E-state index >= 15 is 0 Å². The number of aryl methyl sites for hydroxylation is 1. The summed E-state index contributed by atoms with van der Waals surface area (Å²) in [6.45, 7) is 8.05. The summed E-state index contributed by atoms with van der Waals surface area (Å²) in [5, 5.41) is 3.13. The maximum atomic E-state index is 12.1. The van der Waals surface area contributed by atoms with Gasteiger partial charge in [0.05, 0.1) is 19.3 Å². The van der Waals surface area contributed by atoms with Crippen LogP contribution in [0.4, 0.5) is 0 Å². The standard InChI is InChI=1S/C17H27N3O2.2ClH/c1-13-3-5-15(6-4-13)16(19-17(21)11-14(2)18)12-20-7-9-22-10-8-20;;/h3-6,14,16H,7-12,18H2,1-2H3,(H,19,21);2*1H. The Bertz CT molecular complexity index is 477. The van der Waals surface area contributed by atoms with Crippen molar-refractivity contribution in [2.24, 2.45) is 5.73 Å². The molecule has 1 saturated heterocycles. The molecule has 0 bridgehead atoms. The smallest absolute Gasteiger partial charge is 0.222 e. The molecular weight excluding hydrogens is 349 g/mol. The van der Waals surface area contributed by atoms with E-state index in [0.717, 1.165) is 38.4 Å². The second-order valence-corrected chi connectivity index (χ2v) is 6.13. The molecule has 2 rings (SSSR count). The van der Waals surface area contributed by atoms with Crippen molar-refractivity contribution in [1.82, 2.24) is 10.2 Å². The molecule has 0 aromatic heterocycles. The molecular formula is C17H29Cl2N3O2. The van der Waals surface area contributed by atoms with Crippen molar-refractivity contribution < 1.29 is 9.53 Å². The fourth-order valence-corrected chi connectivity index (χ4v) is 2.62. The first kappa shape index (κ1) is 23.1. The highest BCUT2D eigenvalue weighted by molar-refractivity contribution is 5.85. The average molecular weight is 378 g/mol. The van der Waals surface area contributed by atoms with Crippen LogP contribution in [-0.4, -0.2) is 49.7 Å². The third-order valence-electron chi connectivity index (χ3n) is 3.87. The Labute approximate surface area is 157 Å². The molecule has 1 heterocycles. The van der Waals surface area contributed by atoms with Crippen LogP contribution in [0.1, 0.15) is 30.5 Å². The molecule has 2 unspecified atom stereocenters. The molecule has 2 atom stereocenters. The first-order chi connectivity index (χ1) is 10.5. The van der Waals surface area contributed by atoms with Gasteiger partial charge in [0.25, 0.3) is 0 Å². The summed E-state index contributed by atoms with van der Waals surface area (Å²) in [4.78, 5) is 14.4. The number of ether oxygens (including phenoxy) is 1. The highest BCUT2D eigenvalue weighted by Crippen LogP contribution is 2.16. The summed E-state index contributed by atoms with van der Waals surface area (Å²) >= 11 is 0. The van der Waals surface area contributed by atoms with Gasteiger partial charge in [0.1, 0.15) is 0 Å². The fraction of sp³-hybridized carbons (Fsp3) is 0.588. The first-order valence-electron chi connectivity index (χ1n) is 7.96. The molecule has 7 heteroatoms. The third-order valence-corrected chi connectivity index (χ3v) is 3.87. The highest BCUT2D eigenvalue weighted by atomic mass is 35.5. The normalized spacial score (nSPS) is 17.1. The third kappa shape index (κ3) is 7.81. The molecule has 1 aromatic carbocycles. The van der Waals surface area contributed by atoms with E-state index in [1.807, 2.05) is 6.92 Å². The molecule has 0 aliphatic carbocycles. The van der Waals surface area contributed by atoms with Crippen LogP contribution < -0.4 is 11.1 Å². The molecule has 1 aromatic rings. The predicted molar refractivity (Wildman–Crippen MR) is 102 cm³/mol. The zero-order valence-corrected chi connectivity index (χ0v) is 16.0. The van der Waals surface area contributed by atoms with Crippen LogP contribution in [0.2, 0.25) is 0 Å². The second-order valence-electron chi connectivity index (χ2n) is 6.13. The number of hydrogen-bond donors (Lipinski definition) is 2. The Hall–Kier alpha value is -0.850. The Morgan fingerprint density at radius 3 is 2.38 bits per heavy atom. The Morgan fingerprint density at radius 2 is 1.83 bits per heavy atom. The van der Waals surface area contributed by atoms with Crippen molar-refractivity contribution in [2.75, 3.05) is 32.8 Å². The van der Waals surface area contributed by atoms with Gasteiger partial charge < -0.3 is 15.8 Å². The van der Waals surface area contributed by atoms with E-state index in [2.05, 4.69) is 41.4 Å². The summed E-state index contributed by atoms with van der Waals surface area (Å²) in [5.74, 6) is 0.00818. The Morgan fingerprint density at radius 1 is 1.25 bits per heavy atom. The minimum atomic E-state index is -0.123. The van der Waals surface area contributed by atoms with E-state index in [1.54, 1.807) is 0 Å². The second kappa shape index (κ2) is 11.7. The lowest BCUT2D eigenvalue weighted by atomic mass is 10.0. The zero-order chi connectivity index (χ0) is 15.9. The molecule has 3 N–H and O–H groups in total. The quantitative estimate of drug-likeness (QED) is 0.795. The van der Waals surface area contributed by atoms with E-state index in [-0.39, 0.29) is 42.8 Å². The van der Waals surface area contributed by atoms with Crippen LogP contribution in [-0.2, 0) is 9.53 Å². The van der Waals surface area contributed by atoms with E-state index in [4.69, 9.17) is 10.5 Å². The lowest BCUT2D eigenvalue weighted by Crippen LogP contribution is -2.43. The molecule has 0 saturated carbocycles. The van der Waals surface area contributed by atoms with Gasteiger partial charge in [0, 0.05) is 32.1 Å². The van der Waals surface area contributed by atoms with E-state index < -0.39 is 0 Å². The molecule has 0 radical (unpaired) electrons. The number of rotatable bonds is 6. The van der Waals surface area contributed by atoms with Crippen molar-refractivity contribution in [3.05, 3.63) is 35.4 Å². The van der Waals surface area contributed by atoms with Crippen molar-refractivity contribution >= 4 is 30.7 Å². The highest BCUT2D eigenvalue weighted by Gasteiger charge is 2.20. The molecule has 0 spiro atoms. The molecule has 1 aliphatic heterocycles. The number of nitrogens with one attached hydrogen (secondary N) is 1. The number of halogens is 2. The molecule has 1 aliphatic rings. The van der Waals surface area contributed by atoms with Gasteiger partial charge in [-0.2, -0.15) is 0 Å². The monoisotopic (exact) mass is 377 g/mol. The van der Waals surface area contributed by atoms with Crippen molar-refractivity contribution in [2.45, 2.75) is 32.4 Å². The van der Waals surface area contributed by atoms with E-state index in [1.165, 1.54) is 5.56 Å². The topological polar surface area (TPSA) is 67.6 Å². The molecule has 5 nitrogen and oxygen atoms in total. The molecule has 1 amide bonds. The van der Waals surface area contributed by atoms with E-state index in [9.17, 15) is 4.79 Å². The van der Waals surface area contributed by atoms with Gasteiger partial charge in [-0.1, -0.05) is 29.8 Å². The van der Waals surface area contributed by atoms with E-state index in [0.29, 0.717) is 6.42 Å². The van der Waals surface area contributed by atoms with Gasteiger partial charge in [-0.25, -0.2) is 0 Å². The van der Waals surface area contributed by atoms with Crippen molar-refractivity contribution in [3.63, 3.8) is 0 Å². The lowest BCUT2D eigenvalue weighted by molar-refractivity contribution is -0.122. The number of hydrogen-bond acceptors (Lipinski definition) is 4. The minimum absolute atomic E-state index is 0. The number of nitrogens with zero attached hydrogens (tertiary/aromatic N) is 1. The Kier molecular flexibility index (Phi) is 11.2. The summed E-state index contributed by atoms with van der Waals surface area (Å²) in [6.07, 6.45) is 0.353. The molecule has 1 fully saturated rings. The maximum Gasteiger partial charge on any atom is 0.222 e. The number of morpholine rings is 1. The van der Waals surface area contributed by atoms with Crippen LogP contribution in [0, 0.1) is 6.92 Å². The maximum absolute atomic E-state index is 12.1. The number of benzene rings is 1. The summed E-state index contributed by atoms with van der Waals surface area (Å²) < 4.78 is 5.39. The number of carbonyl (C=O) groups excluding carboxylic acids is 1.